The Morgan fingerprint density at radius 2 is 1.90 bits per heavy atom. The van der Waals surface area contributed by atoms with Gasteiger partial charge in [0.2, 0.25) is 0 Å². The molecule has 1 aromatic carbocycles. The molecule has 1 aromatic rings. The zero-order valence-corrected chi connectivity index (χ0v) is 12.7. The first kappa shape index (κ1) is 12.7. The van der Waals surface area contributed by atoms with Crippen LogP contribution in [0.4, 0.5) is 0 Å². The Hall–Kier alpha value is -1.02. The molecule has 20 heavy (non-hydrogen) atoms. The van der Waals surface area contributed by atoms with Gasteiger partial charge in [0.05, 0.1) is 7.11 Å². The summed E-state index contributed by atoms with van der Waals surface area (Å²) in [4.78, 5) is 0. The van der Waals surface area contributed by atoms with Gasteiger partial charge in [-0.25, -0.2) is 0 Å². The van der Waals surface area contributed by atoms with Crippen molar-refractivity contribution < 1.29 is 4.74 Å². The largest absolute Gasteiger partial charge is 0.496 e. The molecular weight excluding hydrogens is 246 g/mol. The van der Waals surface area contributed by atoms with Crippen molar-refractivity contribution in [3.8, 4) is 5.75 Å². The molecule has 0 saturated heterocycles. The monoisotopic (exact) mass is 271 g/mol. The molecule has 0 radical (unpaired) electrons. The highest BCUT2D eigenvalue weighted by atomic mass is 16.5. The fourth-order valence-corrected chi connectivity index (χ4v) is 5.51. The van der Waals surface area contributed by atoms with Gasteiger partial charge in [0.25, 0.3) is 0 Å². The Morgan fingerprint density at radius 3 is 2.45 bits per heavy atom. The number of nitrogens with one attached hydrogen (secondary N) is 1. The number of ether oxygens (including phenoxy) is 1. The summed E-state index contributed by atoms with van der Waals surface area (Å²) in [7, 11) is 3.88. The minimum Gasteiger partial charge on any atom is -0.496 e. The normalized spacial score (nSPS) is 38.6. The van der Waals surface area contributed by atoms with Gasteiger partial charge in [-0.2, -0.15) is 0 Å². The third-order valence-corrected chi connectivity index (χ3v) is 6.27. The Morgan fingerprint density at radius 1 is 1.20 bits per heavy atom. The second-order valence-corrected chi connectivity index (χ2v) is 7.06. The summed E-state index contributed by atoms with van der Waals surface area (Å²) < 4.78 is 5.39. The standard InChI is InChI=1S/C18H25NO/c1-10-8-13(6-7-14(10)20-3)18(19-2)17-15-11-4-5-12(9-11)16(15)17/h6-8,11-12,15-19H,4-5,9H2,1-3H3. The molecule has 1 N–H and O–H groups in total. The molecule has 0 heterocycles. The number of hydrogen-bond acceptors (Lipinski definition) is 2. The third-order valence-electron chi connectivity index (χ3n) is 6.27. The highest BCUT2D eigenvalue weighted by Gasteiger charge is 2.66. The van der Waals surface area contributed by atoms with Crippen LogP contribution in [0, 0.1) is 36.5 Å². The van der Waals surface area contributed by atoms with Crippen LogP contribution in [0.3, 0.4) is 0 Å². The molecule has 108 valence electrons. The van der Waals surface area contributed by atoms with Gasteiger partial charge in [0, 0.05) is 6.04 Å². The van der Waals surface area contributed by atoms with Gasteiger partial charge in [0.1, 0.15) is 5.75 Å². The first-order valence-corrected chi connectivity index (χ1v) is 8.06. The fourth-order valence-electron chi connectivity index (χ4n) is 5.51. The average molecular weight is 271 g/mol. The zero-order chi connectivity index (χ0) is 13.9. The van der Waals surface area contributed by atoms with Crippen LogP contribution in [0.2, 0.25) is 0 Å². The number of rotatable bonds is 4. The zero-order valence-electron chi connectivity index (χ0n) is 12.7. The quantitative estimate of drug-likeness (QED) is 0.904. The van der Waals surface area contributed by atoms with Crippen LogP contribution in [0.25, 0.3) is 0 Å². The van der Waals surface area contributed by atoms with E-state index in [-0.39, 0.29) is 0 Å². The van der Waals surface area contributed by atoms with Crippen molar-refractivity contribution in [3.63, 3.8) is 0 Å². The van der Waals surface area contributed by atoms with E-state index in [1.165, 1.54) is 30.4 Å². The molecule has 2 nitrogen and oxygen atoms in total. The minimum absolute atomic E-state index is 0.540. The van der Waals surface area contributed by atoms with Gasteiger partial charge in [-0.1, -0.05) is 12.1 Å². The maximum atomic E-state index is 5.39. The Labute approximate surface area is 121 Å². The van der Waals surface area contributed by atoms with E-state index in [0.29, 0.717) is 6.04 Å². The Bertz CT molecular complexity index is 510. The van der Waals surface area contributed by atoms with E-state index < -0.39 is 0 Å². The highest BCUT2D eigenvalue weighted by molar-refractivity contribution is 5.38. The lowest BCUT2D eigenvalue weighted by molar-refractivity contribution is 0.384. The molecule has 0 amide bonds. The summed E-state index contributed by atoms with van der Waals surface area (Å²) in [5.41, 5.74) is 2.70. The molecule has 3 saturated carbocycles. The number of methoxy groups -OCH3 is 1. The van der Waals surface area contributed by atoms with Crippen molar-refractivity contribution >= 4 is 0 Å². The van der Waals surface area contributed by atoms with E-state index in [9.17, 15) is 0 Å². The lowest BCUT2D eigenvalue weighted by atomic mass is 9.92. The summed E-state index contributed by atoms with van der Waals surface area (Å²) in [6, 6.07) is 7.23. The highest BCUT2D eigenvalue weighted by Crippen LogP contribution is 2.72. The van der Waals surface area contributed by atoms with E-state index in [0.717, 1.165) is 35.3 Å². The van der Waals surface area contributed by atoms with Crippen LogP contribution >= 0.6 is 0 Å². The van der Waals surface area contributed by atoms with Crippen LogP contribution in [0.1, 0.15) is 36.4 Å². The van der Waals surface area contributed by atoms with Crippen LogP contribution in [0.5, 0.6) is 5.75 Å². The van der Waals surface area contributed by atoms with Crippen molar-refractivity contribution in [1.82, 2.24) is 5.32 Å². The molecule has 0 aliphatic heterocycles. The summed E-state index contributed by atoms with van der Waals surface area (Å²) in [5.74, 6) is 6.02. The average Bonchev–Trinajstić information content (AvgIpc) is 2.88. The van der Waals surface area contributed by atoms with Crippen molar-refractivity contribution in [3.05, 3.63) is 29.3 Å². The molecule has 0 spiro atoms. The number of aryl methyl sites for hydroxylation is 1. The second-order valence-electron chi connectivity index (χ2n) is 7.06. The topological polar surface area (TPSA) is 21.3 Å². The summed E-state index contributed by atoms with van der Waals surface area (Å²) in [5, 5.41) is 3.60. The van der Waals surface area contributed by atoms with Crippen LogP contribution in [-0.2, 0) is 0 Å². The van der Waals surface area contributed by atoms with Gasteiger partial charge in [-0.05, 0) is 80.0 Å². The van der Waals surface area contributed by atoms with Gasteiger partial charge in [-0.3, -0.25) is 0 Å². The van der Waals surface area contributed by atoms with Crippen molar-refractivity contribution in [2.24, 2.45) is 29.6 Å². The Balaban J connectivity index is 1.59. The smallest absolute Gasteiger partial charge is 0.121 e. The third kappa shape index (κ3) is 1.67. The first-order valence-electron chi connectivity index (χ1n) is 8.06. The Kier molecular flexibility index (Phi) is 2.85. The maximum Gasteiger partial charge on any atom is 0.121 e. The summed E-state index contributed by atoms with van der Waals surface area (Å²) in [6.45, 7) is 2.15. The predicted molar refractivity (Wildman–Crippen MR) is 80.8 cm³/mol. The molecule has 3 aliphatic rings. The van der Waals surface area contributed by atoms with Crippen LogP contribution in [0.15, 0.2) is 18.2 Å². The van der Waals surface area contributed by atoms with Crippen molar-refractivity contribution in [2.75, 3.05) is 14.2 Å². The number of fused-ring (bicyclic) bond motifs is 5. The fraction of sp³-hybridized carbons (Fsp3) is 0.667. The maximum absolute atomic E-state index is 5.39. The molecule has 2 bridgehead atoms. The molecule has 5 atom stereocenters. The van der Waals surface area contributed by atoms with Crippen molar-refractivity contribution in [2.45, 2.75) is 32.2 Å². The number of benzene rings is 1. The van der Waals surface area contributed by atoms with Crippen molar-refractivity contribution in [1.29, 1.82) is 0 Å². The molecule has 0 aromatic heterocycles. The minimum atomic E-state index is 0.540. The molecule has 3 fully saturated rings. The second kappa shape index (κ2) is 4.49. The predicted octanol–water partition coefficient (Wildman–Crippen LogP) is 3.56. The first-order chi connectivity index (χ1) is 9.74. The molecule has 4 rings (SSSR count). The van der Waals surface area contributed by atoms with Gasteiger partial charge in [-0.15, -0.1) is 0 Å². The SMILES string of the molecule is CNC(c1ccc(OC)c(C)c1)C1C2C3CCC(C3)C21. The molecule has 2 heteroatoms. The van der Waals surface area contributed by atoms with Crippen LogP contribution in [-0.4, -0.2) is 14.2 Å². The molecule has 5 unspecified atom stereocenters. The summed E-state index contributed by atoms with van der Waals surface area (Å²) >= 11 is 0. The van der Waals surface area contributed by atoms with E-state index in [2.05, 4.69) is 37.5 Å². The molecular formula is C18H25NO. The van der Waals surface area contributed by atoms with Gasteiger partial charge < -0.3 is 10.1 Å². The lowest BCUT2D eigenvalue weighted by Crippen LogP contribution is -2.22. The van der Waals surface area contributed by atoms with E-state index in [4.69, 9.17) is 4.74 Å². The van der Waals surface area contributed by atoms with Gasteiger partial charge >= 0.3 is 0 Å². The number of hydrogen-bond donors (Lipinski definition) is 1. The lowest BCUT2D eigenvalue weighted by Gasteiger charge is -2.21. The van der Waals surface area contributed by atoms with E-state index in [1.807, 2.05) is 0 Å². The summed E-state index contributed by atoms with van der Waals surface area (Å²) in [6.07, 6.45) is 4.53. The van der Waals surface area contributed by atoms with Gasteiger partial charge in [0.15, 0.2) is 0 Å². The van der Waals surface area contributed by atoms with Crippen LogP contribution < -0.4 is 10.1 Å². The van der Waals surface area contributed by atoms with E-state index in [1.54, 1.807) is 7.11 Å². The molecule has 3 aliphatic carbocycles. The van der Waals surface area contributed by atoms with E-state index >= 15 is 0 Å².